The Kier molecular flexibility index (Phi) is 2.65. The van der Waals surface area contributed by atoms with Gasteiger partial charge in [0, 0.05) is 20.2 Å². The molecule has 0 bridgehead atoms. The molecule has 0 saturated heterocycles. The number of fused-ring (bicyclic) bond motifs is 5. The lowest BCUT2D eigenvalue weighted by atomic mass is 10.0. The van der Waals surface area contributed by atoms with Crippen LogP contribution in [0.1, 0.15) is 0 Å². The fourth-order valence-electron chi connectivity index (χ4n) is 2.69. The Morgan fingerprint density at radius 3 is 2.65 bits per heavy atom. The lowest BCUT2D eigenvalue weighted by molar-refractivity contribution is 0.454. The predicted molar refractivity (Wildman–Crippen MR) is 86.8 cm³/mol. The van der Waals surface area contributed by atoms with Gasteiger partial charge in [-0.1, -0.05) is 30.3 Å². The standard InChI is InChI=1S/C16H11BO2S/c18-17-19-11-6-8-14-13(9-11)16-12-4-2-1-3-10(12)5-7-15(16)20-14/h1-9,17-18H. The number of hydrogen-bond acceptors (Lipinski definition) is 3. The van der Waals surface area contributed by atoms with E-state index in [2.05, 4.69) is 42.5 Å². The molecule has 0 aliphatic heterocycles. The van der Waals surface area contributed by atoms with E-state index in [4.69, 9.17) is 9.68 Å². The van der Waals surface area contributed by atoms with Crippen LogP contribution in [0.3, 0.4) is 0 Å². The first-order valence-electron chi connectivity index (χ1n) is 6.44. The van der Waals surface area contributed by atoms with Crippen LogP contribution < -0.4 is 4.65 Å². The molecule has 4 rings (SSSR count). The van der Waals surface area contributed by atoms with Crippen molar-refractivity contribution in [1.29, 1.82) is 0 Å². The van der Waals surface area contributed by atoms with Crippen LogP contribution in [0.25, 0.3) is 30.9 Å². The first kappa shape index (κ1) is 11.8. The average molecular weight is 278 g/mol. The topological polar surface area (TPSA) is 29.5 Å². The second-order valence-electron chi connectivity index (χ2n) is 4.69. The van der Waals surface area contributed by atoms with Gasteiger partial charge < -0.3 is 9.68 Å². The molecule has 0 amide bonds. The van der Waals surface area contributed by atoms with Crippen molar-refractivity contribution in [2.75, 3.05) is 0 Å². The van der Waals surface area contributed by atoms with E-state index in [0.29, 0.717) is 5.75 Å². The third-order valence-electron chi connectivity index (χ3n) is 3.56. The fraction of sp³-hybridized carbons (Fsp3) is 0. The van der Waals surface area contributed by atoms with Gasteiger partial charge in [-0.25, -0.2) is 0 Å². The van der Waals surface area contributed by atoms with Crippen molar-refractivity contribution in [1.82, 2.24) is 0 Å². The molecule has 1 aromatic heterocycles. The lowest BCUT2D eigenvalue weighted by Crippen LogP contribution is -1.98. The van der Waals surface area contributed by atoms with Crippen LogP contribution in [0, 0.1) is 0 Å². The normalized spacial score (nSPS) is 11.2. The van der Waals surface area contributed by atoms with E-state index in [0.717, 1.165) is 0 Å². The molecule has 96 valence electrons. The summed E-state index contributed by atoms with van der Waals surface area (Å²) in [5.74, 6) is 0.702. The summed E-state index contributed by atoms with van der Waals surface area (Å²) in [6.07, 6.45) is 0. The Labute approximate surface area is 120 Å². The third kappa shape index (κ3) is 1.69. The van der Waals surface area contributed by atoms with Gasteiger partial charge in [0.1, 0.15) is 5.75 Å². The molecule has 0 fully saturated rings. The molecule has 0 aliphatic carbocycles. The maximum absolute atomic E-state index is 8.91. The zero-order valence-corrected chi connectivity index (χ0v) is 11.5. The van der Waals surface area contributed by atoms with Crippen LogP contribution in [0.5, 0.6) is 5.75 Å². The molecule has 4 heteroatoms. The highest BCUT2D eigenvalue weighted by Crippen LogP contribution is 2.39. The molecular weight excluding hydrogens is 267 g/mol. The summed E-state index contributed by atoms with van der Waals surface area (Å²) in [5.41, 5.74) is 0. The molecule has 0 aliphatic rings. The van der Waals surface area contributed by atoms with Gasteiger partial charge in [-0.15, -0.1) is 11.3 Å². The molecular formula is C16H11BO2S. The SMILES string of the molecule is OBOc1ccc2sc3ccc4ccccc4c3c2c1. The van der Waals surface area contributed by atoms with Gasteiger partial charge in [0.2, 0.25) is 0 Å². The van der Waals surface area contributed by atoms with E-state index in [1.165, 1.54) is 30.9 Å². The molecule has 0 radical (unpaired) electrons. The highest BCUT2D eigenvalue weighted by atomic mass is 32.1. The fourth-order valence-corrected chi connectivity index (χ4v) is 3.79. The summed E-state index contributed by atoms with van der Waals surface area (Å²) in [6, 6.07) is 18.7. The third-order valence-corrected chi connectivity index (χ3v) is 4.70. The van der Waals surface area contributed by atoms with Crippen LogP contribution in [-0.2, 0) is 0 Å². The number of thiophene rings is 1. The maximum Gasteiger partial charge on any atom is 0.504 e. The molecule has 0 atom stereocenters. The van der Waals surface area contributed by atoms with E-state index >= 15 is 0 Å². The monoisotopic (exact) mass is 278 g/mol. The molecule has 20 heavy (non-hydrogen) atoms. The smallest absolute Gasteiger partial charge is 0.504 e. The Balaban J connectivity index is 2.16. The Bertz CT molecular complexity index is 930. The number of benzene rings is 3. The van der Waals surface area contributed by atoms with Crippen LogP contribution in [0.2, 0.25) is 0 Å². The summed E-state index contributed by atoms with van der Waals surface area (Å²) in [5, 5.41) is 13.9. The van der Waals surface area contributed by atoms with Crippen LogP contribution >= 0.6 is 11.3 Å². The van der Waals surface area contributed by atoms with Crippen LogP contribution in [0.4, 0.5) is 0 Å². The zero-order chi connectivity index (χ0) is 13.5. The highest BCUT2D eigenvalue weighted by molar-refractivity contribution is 7.26. The summed E-state index contributed by atoms with van der Waals surface area (Å²) in [6.45, 7) is 0. The van der Waals surface area contributed by atoms with Gasteiger partial charge in [-0.2, -0.15) is 0 Å². The summed E-state index contributed by atoms with van der Waals surface area (Å²) in [7, 11) is -0.297. The first-order chi connectivity index (χ1) is 9.86. The molecule has 1 N–H and O–H groups in total. The van der Waals surface area contributed by atoms with Gasteiger partial charge in [-0.3, -0.25) is 0 Å². The van der Waals surface area contributed by atoms with E-state index in [-0.39, 0.29) is 7.69 Å². The first-order valence-corrected chi connectivity index (χ1v) is 7.26. The lowest BCUT2D eigenvalue weighted by Gasteiger charge is -2.03. The molecule has 3 aromatic carbocycles. The summed E-state index contributed by atoms with van der Waals surface area (Å²) < 4.78 is 7.72. The summed E-state index contributed by atoms with van der Waals surface area (Å²) >= 11 is 1.79. The number of hydrogen-bond donors (Lipinski definition) is 1. The van der Waals surface area contributed by atoms with Crippen molar-refractivity contribution < 1.29 is 9.68 Å². The van der Waals surface area contributed by atoms with Gasteiger partial charge in [-0.05, 0) is 35.0 Å². The van der Waals surface area contributed by atoms with Crippen LogP contribution in [0.15, 0.2) is 54.6 Å². The second-order valence-corrected chi connectivity index (χ2v) is 5.78. The molecule has 0 unspecified atom stereocenters. The minimum atomic E-state index is -0.297. The van der Waals surface area contributed by atoms with Crippen molar-refractivity contribution in [2.45, 2.75) is 0 Å². The van der Waals surface area contributed by atoms with Crippen molar-refractivity contribution in [3.05, 3.63) is 54.6 Å². The van der Waals surface area contributed by atoms with Gasteiger partial charge in [0.25, 0.3) is 0 Å². The van der Waals surface area contributed by atoms with E-state index in [1.54, 1.807) is 11.3 Å². The number of rotatable bonds is 2. The largest absolute Gasteiger partial charge is 0.539 e. The quantitative estimate of drug-likeness (QED) is 0.564. The Morgan fingerprint density at radius 2 is 1.75 bits per heavy atom. The molecule has 0 saturated carbocycles. The molecule has 1 heterocycles. The second kappa shape index (κ2) is 4.51. The van der Waals surface area contributed by atoms with Gasteiger partial charge in [0.15, 0.2) is 0 Å². The maximum atomic E-state index is 8.91. The zero-order valence-electron chi connectivity index (χ0n) is 10.7. The molecule has 2 nitrogen and oxygen atoms in total. The Morgan fingerprint density at radius 1 is 0.900 bits per heavy atom. The highest BCUT2D eigenvalue weighted by Gasteiger charge is 2.09. The van der Waals surface area contributed by atoms with Crippen molar-refractivity contribution in [3.63, 3.8) is 0 Å². The molecule has 4 aromatic rings. The van der Waals surface area contributed by atoms with Gasteiger partial charge >= 0.3 is 7.69 Å². The molecule has 0 spiro atoms. The van der Waals surface area contributed by atoms with E-state index in [1.807, 2.05) is 12.1 Å². The van der Waals surface area contributed by atoms with Crippen molar-refractivity contribution >= 4 is 50.0 Å². The minimum absolute atomic E-state index is 0.297. The van der Waals surface area contributed by atoms with Crippen molar-refractivity contribution in [2.24, 2.45) is 0 Å². The van der Waals surface area contributed by atoms with Gasteiger partial charge in [0.05, 0.1) is 0 Å². The minimum Gasteiger partial charge on any atom is -0.539 e. The van der Waals surface area contributed by atoms with Crippen molar-refractivity contribution in [3.8, 4) is 5.75 Å². The van der Waals surface area contributed by atoms with Crippen LogP contribution in [-0.4, -0.2) is 12.7 Å². The van der Waals surface area contributed by atoms with E-state index < -0.39 is 0 Å². The summed E-state index contributed by atoms with van der Waals surface area (Å²) in [4.78, 5) is 0. The average Bonchev–Trinajstić information content (AvgIpc) is 2.86. The Hall–Kier alpha value is -2.04. The van der Waals surface area contributed by atoms with E-state index in [9.17, 15) is 0 Å². The predicted octanol–water partition coefficient (Wildman–Crippen LogP) is 3.85.